The number of hydrogen-bond acceptors (Lipinski definition) is 4. The summed E-state index contributed by atoms with van der Waals surface area (Å²) in [5.41, 5.74) is 2.07. The molecule has 1 aliphatic rings. The Balaban J connectivity index is 1.76. The number of rotatable bonds is 6. The van der Waals surface area contributed by atoms with Gasteiger partial charge in [-0.05, 0) is 42.3 Å². The Morgan fingerprint density at radius 2 is 1.93 bits per heavy atom. The molecule has 0 saturated carbocycles. The lowest BCUT2D eigenvalue weighted by Crippen LogP contribution is -2.49. The smallest absolute Gasteiger partial charge is 0.255 e. The van der Waals surface area contributed by atoms with Gasteiger partial charge in [-0.15, -0.1) is 0 Å². The van der Waals surface area contributed by atoms with E-state index in [1.54, 1.807) is 6.07 Å². The SMILES string of the molecule is CCCc1ccc(NC(=O)c2cccc(S(=O)(=O)N3CCNC(=O)C3)c2)cc1. The van der Waals surface area contributed by atoms with E-state index in [2.05, 4.69) is 17.6 Å². The van der Waals surface area contributed by atoms with Crippen LogP contribution >= 0.6 is 0 Å². The van der Waals surface area contributed by atoms with Gasteiger partial charge in [-0.2, -0.15) is 4.31 Å². The van der Waals surface area contributed by atoms with E-state index in [1.807, 2.05) is 24.3 Å². The van der Waals surface area contributed by atoms with Crippen LogP contribution < -0.4 is 10.6 Å². The number of hydrogen-bond donors (Lipinski definition) is 2. The third-order valence-electron chi connectivity index (χ3n) is 4.49. The topological polar surface area (TPSA) is 95.6 Å². The largest absolute Gasteiger partial charge is 0.354 e. The fourth-order valence-corrected chi connectivity index (χ4v) is 4.46. The predicted octanol–water partition coefficient (Wildman–Crippen LogP) is 2.01. The highest BCUT2D eigenvalue weighted by Gasteiger charge is 2.29. The number of anilines is 1. The Kier molecular flexibility index (Phi) is 6.11. The van der Waals surface area contributed by atoms with Crippen molar-refractivity contribution in [3.05, 3.63) is 59.7 Å². The summed E-state index contributed by atoms with van der Waals surface area (Å²) in [6.07, 6.45) is 2.02. The molecule has 2 aromatic rings. The van der Waals surface area contributed by atoms with Crippen LogP contribution in [0.15, 0.2) is 53.4 Å². The highest BCUT2D eigenvalue weighted by molar-refractivity contribution is 7.89. The zero-order chi connectivity index (χ0) is 20.1. The van der Waals surface area contributed by atoms with Crippen LogP contribution in [0.1, 0.15) is 29.3 Å². The molecule has 0 atom stereocenters. The Labute approximate surface area is 164 Å². The molecule has 148 valence electrons. The molecule has 1 fully saturated rings. The molecule has 0 radical (unpaired) electrons. The zero-order valence-corrected chi connectivity index (χ0v) is 16.5. The first kappa shape index (κ1) is 20.0. The van der Waals surface area contributed by atoms with Gasteiger partial charge in [0.2, 0.25) is 15.9 Å². The maximum Gasteiger partial charge on any atom is 0.255 e. The van der Waals surface area contributed by atoms with E-state index < -0.39 is 15.9 Å². The van der Waals surface area contributed by atoms with Gasteiger partial charge in [-0.1, -0.05) is 31.5 Å². The second-order valence-corrected chi connectivity index (χ2v) is 8.56. The van der Waals surface area contributed by atoms with Gasteiger partial charge < -0.3 is 10.6 Å². The zero-order valence-electron chi connectivity index (χ0n) is 15.6. The van der Waals surface area contributed by atoms with Crippen LogP contribution in [0, 0.1) is 0 Å². The van der Waals surface area contributed by atoms with Crippen molar-refractivity contribution in [2.75, 3.05) is 25.0 Å². The van der Waals surface area contributed by atoms with Crippen LogP contribution in [-0.4, -0.2) is 44.2 Å². The maximum absolute atomic E-state index is 12.8. The van der Waals surface area contributed by atoms with Crippen molar-refractivity contribution in [1.29, 1.82) is 0 Å². The van der Waals surface area contributed by atoms with E-state index in [-0.39, 0.29) is 36.0 Å². The van der Waals surface area contributed by atoms with E-state index in [0.29, 0.717) is 5.69 Å². The molecule has 1 saturated heterocycles. The molecule has 3 rings (SSSR count). The summed E-state index contributed by atoms with van der Waals surface area (Å²) in [6, 6.07) is 13.4. The van der Waals surface area contributed by atoms with Crippen molar-refractivity contribution in [2.45, 2.75) is 24.7 Å². The number of aryl methyl sites for hydroxylation is 1. The van der Waals surface area contributed by atoms with E-state index in [1.165, 1.54) is 23.8 Å². The van der Waals surface area contributed by atoms with Crippen LogP contribution in [0.2, 0.25) is 0 Å². The number of nitrogens with one attached hydrogen (secondary N) is 2. The van der Waals surface area contributed by atoms with E-state index >= 15 is 0 Å². The summed E-state index contributed by atoms with van der Waals surface area (Å²) < 4.78 is 26.7. The molecule has 2 amide bonds. The number of carbonyl (C=O) groups is 2. The maximum atomic E-state index is 12.8. The van der Waals surface area contributed by atoms with Crippen molar-refractivity contribution in [3.8, 4) is 0 Å². The van der Waals surface area contributed by atoms with Crippen molar-refractivity contribution < 1.29 is 18.0 Å². The third-order valence-corrected chi connectivity index (χ3v) is 6.33. The molecule has 1 heterocycles. The molecule has 0 aliphatic carbocycles. The normalized spacial score (nSPS) is 15.1. The lowest BCUT2D eigenvalue weighted by atomic mass is 10.1. The monoisotopic (exact) mass is 401 g/mol. The summed E-state index contributed by atoms with van der Waals surface area (Å²) >= 11 is 0. The number of amides is 2. The fraction of sp³-hybridized carbons (Fsp3) is 0.300. The summed E-state index contributed by atoms with van der Waals surface area (Å²) in [4.78, 5) is 24.1. The second kappa shape index (κ2) is 8.53. The Morgan fingerprint density at radius 1 is 1.18 bits per heavy atom. The van der Waals surface area contributed by atoms with Crippen LogP contribution in [0.25, 0.3) is 0 Å². The Morgan fingerprint density at radius 3 is 2.61 bits per heavy atom. The van der Waals surface area contributed by atoms with Gasteiger partial charge in [0.1, 0.15) is 0 Å². The van der Waals surface area contributed by atoms with Gasteiger partial charge in [-0.25, -0.2) is 8.42 Å². The standard InChI is InChI=1S/C20H23N3O4S/c1-2-4-15-7-9-17(10-8-15)22-20(25)16-5-3-6-18(13-16)28(26,27)23-12-11-21-19(24)14-23/h3,5-10,13H,2,4,11-12,14H2,1H3,(H,21,24)(H,22,25). The van der Waals surface area contributed by atoms with Gasteiger partial charge in [0.15, 0.2) is 0 Å². The average molecular weight is 401 g/mol. The number of benzene rings is 2. The van der Waals surface area contributed by atoms with Crippen LogP contribution in [0.5, 0.6) is 0 Å². The minimum Gasteiger partial charge on any atom is -0.354 e. The number of nitrogens with zero attached hydrogens (tertiary/aromatic N) is 1. The summed E-state index contributed by atoms with van der Waals surface area (Å²) in [5, 5.41) is 5.38. The minimum atomic E-state index is -3.84. The van der Waals surface area contributed by atoms with Gasteiger partial charge in [0.05, 0.1) is 11.4 Å². The molecule has 1 aliphatic heterocycles. The van der Waals surface area contributed by atoms with Crippen LogP contribution in [-0.2, 0) is 21.2 Å². The lowest BCUT2D eigenvalue weighted by Gasteiger charge is -2.26. The van der Waals surface area contributed by atoms with E-state index in [4.69, 9.17) is 0 Å². The molecule has 0 unspecified atom stereocenters. The molecule has 0 aromatic heterocycles. The fourth-order valence-electron chi connectivity index (χ4n) is 3.01. The van der Waals surface area contributed by atoms with Gasteiger partial charge in [0, 0.05) is 24.3 Å². The molecule has 7 nitrogen and oxygen atoms in total. The Hall–Kier alpha value is -2.71. The number of carbonyl (C=O) groups excluding carboxylic acids is 2. The number of piperazine rings is 1. The van der Waals surface area contributed by atoms with Crippen molar-refractivity contribution >= 4 is 27.5 Å². The molecule has 2 N–H and O–H groups in total. The van der Waals surface area contributed by atoms with E-state index in [9.17, 15) is 18.0 Å². The quantitative estimate of drug-likeness (QED) is 0.774. The van der Waals surface area contributed by atoms with Crippen LogP contribution in [0.3, 0.4) is 0 Å². The summed E-state index contributed by atoms with van der Waals surface area (Å²) in [5.74, 6) is -0.730. The van der Waals surface area contributed by atoms with Gasteiger partial charge >= 0.3 is 0 Å². The first-order valence-corrected chi connectivity index (χ1v) is 10.6. The lowest BCUT2D eigenvalue weighted by molar-refractivity contribution is -0.122. The van der Waals surface area contributed by atoms with Crippen molar-refractivity contribution in [2.24, 2.45) is 0 Å². The highest BCUT2D eigenvalue weighted by atomic mass is 32.2. The molecule has 2 aromatic carbocycles. The summed E-state index contributed by atoms with van der Waals surface area (Å²) in [6.45, 7) is 2.36. The molecule has 28 heavy (non-hydrogen) atoms. The molecule has 0 spiro atoms. The molecular formula is C20H23N3O4S. The minimum absolute atomic E-state index is 0.00635. The first-order chi connectivity index (χ1) is 13.4. The van der Waals surface area contributed by atoms with Gasteiger partial charge in [-0.3, -0.25) is 9.59 Å². The molecule has 0 bridgehead atoms. The second-order valence-electron chi connectivity index (χ2n) is 6.62. The van der Waals surface area contributed by atoms with Crippen molar-refractivity contribution in [3.63, 3.8) is 0 Å². The highest BCUT2D eigenvalue weighted by Crippen LogP contribution is 2.19. The Bertz CT molecular complexity index is 971. The first-order valence-electron chi connectivity index (χ1n) is 9.17. The molecule has 8 heteroatoms. The van der Waals surface area contributed by atoms with E-state index in [0.717, 1.165) is 17.1 Å². The van der Waals surface area contributed by atoms with Crippen molar-refractivity contribution in [1.82, 2.24) is 9.62 Å². The predicted molar refractivity (Wildman–Crippen MR) is 107 cm³/mol. The number of sulfonamides is 1. The molecular weight excluding hydrogens is 378 g/mol. The average Bonchev–Trinajstić information content (AvgIpc) is 2.70. The van der Waals surface area contributed by atoms with Crippen LogP contribution in [0.4, 0.5) is 5.69 Å². The van der Waals surface area contributed by atoms with Gasteiger partial charge in [0.25, 0.3) is 5.91 Å². The third kappa shape index (κ3) is 4.58. The summed E-state index contributed by atoms with van der Waals surface area (Å²) in [7, 11) is -3.84.